The summed E-state index contributed by atoms with van der Waals surface area (Å²) in [6.07, 6.45) is 1.23. The summed E-state index contributed by atoms with van der Waals surface area (Å²) in [6.45, 7) is 0.394. The number of rotatable bonds is 3. The SMILES string of the molecule is O=C(O)c1cn(Cc2ccc3c(c2)OCO3)c2cccc(F)c2c1=O. The molecule has 0 radical (unpaired) electrons. The molecule has 0 fully saturated rings. The number of carbonyl (C=O) groups is 1. The molecule has 1 aliphatic heterocycles. The van der Waals surface area contributed by atoms with Gasteiger partial charge in [-0.15, -0.1) is 0 Å². The van der Waals surface area contributed by atoms with Crippen molar-refractivity contribution in [1.29, 1.82) is 0 Å². The lowest BCUT2D eigenvalue weighted by molar-refractivity contribution is 0.0695. The van der Waals surface area contributed by atoms with E-state index in [0.29, 0.717) is 17.0 Å². The van der Waals surface area contributed by atoms with E-state index in [0.717, 1.165) is 11.6 Å². The number of hydrogen-bond acceptors (Lipinski definition) is 4. The second-order valence-electron chi connectivity index (χ2n) is 5.63. The Labute approximate surface area is 140 Å². The molecule has 0 bridgehead atoms. The molecule has 0 aliphatic carbocycles. The van der Waals surface area contributed by atoms with E-state index in [1.165, 1.54) is 12.3 Å². The van der Waals surface area contributed by atoms with E-state index in [-0.39, 0.29) is 18.7 Å². The molecular formula is C18H12FNO5. The van der Waals surface area contributed by atoms with Crippen LogP contribution >= 0.6 is 0 Å². The summed E-state index contributed by atoms with van der Waals surface area (Å²) in [6, 6.07) is 9.52. The van der Waals surface area contributed by atoms with Crippen molar-refractivity contribution < 1.29 is 23.8 Å². The van der Waals surface area contributed by atoms with Crippen LogP contribution in [0, 0.1) is 5.82 Å². The van der Waals surface area contributed by atoms with Crippen molar-refractivity contribution >= 4 is 16.9 Å². The first-order valence-electron chi connectivity index (χ1n) is 7.48. The van der Waals surface area contributed by atoms with E-state index in [9.17, 15) is 19.1 Å². The largest absolute Gasteiger partial charge is 0.477 e. The van der Waals surface area contributed by atoms with Crippen molar-refractivity contribution in [2.45, 2.75) is 6.54 Å². The summed E-state index contributed by atoms with van der Waals surface area (Å²) in [5.41, 5.74) is -0.177. The van der Waals surface area contributed by atoms with Gasteiger partial charge in [0.25, 0.3) is 0 Å². The molecular weight excluding hydrogens is 329 g/mol. The number of pyridine rings is 1. The van der Waals surface area contributed by atoms with Gasteiger partial charge in [0.1, 0.15) is 11.4 Å². The fourth-order valence-corrected chi connectivity index (χ4v) is 2.91. The van der Waals surface area contributed by atoms with E-state index in [1.54, 1.807) is 28.8 Å². The van der Waals surface area contributed by atoms with Gasteiger partial charge in [0.2, 0.25) is 12.2 Å². The first-order valence-corrected chi connectivity index (χ1v) is 7.48. The fourth-order valence-electron chi connectivity index (χ4n) is 2.91. The molecule has 2 heterocycles. The van der Waals surface area contributed by atoms with Gasteiger partial charge in [-0.1, -0.05) is 12.1 Å². The number of aromatic nitrogens is 1. The topological polar surface area (TPSA) is 77.8 Å². The fraction of sp³-hybridized carbons (Fsp3) is 0.111. The third-order valence-corrected chi connectivity index (χ3v) is 4.08. The number of ether oxygens (including phenoxy) is 2. The molecule has 2 aromatic carbocycles. The molecule has 0 saturated heterocycles. The molecule has 4 rings (SSSR count). The number of carboxylic acid groups (broad SMARTS) is 1. The van der Waals surface area contributed by atoms with Crippen LogP contribution in [-0.2, 0) is 6.54 Å². The zero-order chi connectivity index (χ0) is 17.6. The Morgan fingerprint density at radius 2 is 2.00 bits per heavy atom. The molecule has 0 amide bonds. The Hall–Kier alpha value is -3.35. The molecule has 126 valence electrons. The van der Waals surface area contributed by atoms with Crippen LogP contribution in [0.4, 0.5) is 4.39 Å². The first kappa shape index (κ1) is 15.2. The molecule has 6 nitrogen and oxygen atoms in total. The van der Waals surface area contributed by atoms with E-state index >= 15 is 0 Å². The quantitative estimate of drug-likeness (QED) is 0.792. The lowest BCUT2D eigenvalue weighted by atomic mass is 10.1. The van der Waals surface area contributed by atoms with Crippen LogP contribution in [0.3, 0.4) is 0 Å². The first-order chi connectivity index (χ1) is 12.0. The number of halogens is 1. The summed E-state index contributed by atoms with van der Waals surface area (Å²) in [7, 11) is 0. The van der Waals surface area contributed by atoms with Gasteiger partial charge in [0.05, 0.1) is 10.9 Å². The summed E-state index contributed by atoms with van der Waals surface area (Å²) < 4.78 is 26.3. The zero-order valence-electron chi connectivity index (χ0n) is 12.9. The van der Waals surface area contributed by atoms with Crippen LogP contribution in [0.5, 0.6) is 11.5 Å². The van der Waals surface area contributed by atoms with Gasteiger partial charge >= 0.3 is 5.97 Å². The zero-order valence-corrected chi connectivity index (χ0v) is 12.9. The lowest BCUT2D eigenvalue weighted by Gasteiger charge is -2.13. The third kappa shape index (κ3) is 2.50. The average molecular weight is 341 g/mol. The van der Waals surface area contributed by atoms with Gasteiger partial charge in [-0.25, -0.2) is 9.18 Å². The molecule has 1 aliphatic rings. The van der Waals surface area contributed by atoms with Gasteiger partial charge in [-0.3, -0.25) is 4.79 Å². The van der Waals surface area contributed by atoms with E-state index in [1.807, 2.05) is 0 Å². The third-order valence-electron chi connectivity index (χ3n) is 4.08. The van der Waals surface area contributed by atoms with Gasteiger partial charge in [0.15, 0.2) is 11.5 Å². The molecule has 1 N–H and O–H groups in total. The predicted octanol–water partition coefficient (Wildman–Crippen LogP) is 2.62. The maximum atomic E-state index is 14.1. The lowest BCUT2D eigenvalue weighted by Crippen LogP contribution is -2.20. The number of carboxylic acids is 1. The second kappa shape index (κ2) is 5.62. The molecule has 0 spiro atoms. The Morgan fingerprint density at radius 1 is 1.20 bits per heavy atom. The monoisotopic (exact) mass is 341 g/mol. The standard InChI is InChI=1S/C18H12FNO5/c19-12-2-1-3-13-16(12)17(21)11(18(22)23)8-20(13)7-10-4-5-14-15(6-10)25-9-24-14/h1-6,8H,7,9H2,(H,22,23). The van der Waals surface area contributed by atoms with Gasteiger partial charge < -0.3 is 19.1 Å². The molecule has 0 saturated carbocycles. The summed E-state index contributed by atoms with van der Waals surface area (Å²) in [5, 5.41) is 9.03. The molecule has 0 unspecified atom stereocenters. The highest BCUT2D eigenvalue weighted by atomic mass is 19.1. The maximum absolute atomic E-state index is 14.1. The van der Waals surface area contributed by atoms with Crippen LogP contribution in [0.1, 0.15) is 15.9 Å². The van der Waals surface area contributed by atoms with Crippen molar-refractivity contribution in [2.75, 3.05) is 6.79 Å². The van der Waals surface area contributed by atoms with Crippen molar-refractivity contribution in [3.63, 3.8) is 0 Å². The van der Waals surface area contributed by atoms with Crippen molar-refractivity contribution in [1.82, 2.24) is 4.57 Å². The summed E-state index contributed by atoms with van der Waals surface area (Å²) in [5.74, 6) is -0.919. The smallest absolute Gasteiger partial charge is 0.341 e. The molecule has 7 heteroatoms. The molecule has 1 aromatic heterocycles. The average Bonchev–Trinajstić information content (AvgIpc) is 3.04. The number of aromatic carboxylic acids is 1. The second-order valence-corrected chi connectivity index (χ2v) is 5.63. The van der Waals surface area contributed by atoms with Crippen LogP contribution in [0.2, 0.25) is 0 Å². The molecule has 25 heavy (non-hydrogen) atoms. The van der Waals surface area contributed by atoms with E-state index in [4.69, 9.17) is 9.47 Å². The number of benzene rings is 2. The van der Waals surface area contributed by atoms with Crippen LogP contribution in [-0.4, -0.2) is 22.4 Å². The van der Waals surface area contributed by atoms with E-state index in [2.05, 4.69) is 0 Å². The molecule has 0 atom stereocenters. The minimum Gasteiger partial charge on any atom is -0.477 e. The minimum absolute atomic E-state index is 0.147. The van der Waals surface area contributed by atoms with Crippen molar-refractivity contribution in [3.05, 3.63) is 69.8 Å². The van der Waals surface area contributed by atoms with Gasteiger partial charge in [-0.05, 0) is 29.8 Å². The van der Waals surface area contributed by atoms with E-state index < -0.39 is 22.8 Å². The van der Waals surface area contributed by atoms with Crippen molar-refractivity contribution in [2.24, 2.45) is 0 Å². The number of nitrogens with zero attached hydrogens (tertiary/aromatic N) is 1. The van der Waals surface area contributed by atoms with Gasteiger partial charge in [-0.2, -0.15) is 0 Å². The minimum atomic E-state index is -1.39. The normalized spacial score (nSPS) is 12.5. The maximum Gasteiger partial charge on any atom is 0.341 e. The highest BCUT2D eigenvalue weighted by Crippen LogP contribution is 2.33. The Morgan fingerprint density at radius 3 is 2.80 bits per heavy atom. The number of hydrogen-bond donors (Lipinski definition) is 1. The predicted molar refractivity (Wildman–Crippen MR) is 86.8 cm³/mol. The van der Waals surface area contributed by atoms with Gasteiger partial charge in [0, 0.05) is 12.7 Å². The van der Waals surface area contributed by atoms with Crippen LogP contribution in [0.25, 0.3) is 10.9 Å². The summed E-state index contributed by atoms with van der Waals surface area (Å²) in [4.78, 5) is 23.6. The van der Waals surface area contributed by atoms with Crippen LogP contribution in [0.15, 0.2) is 47.4 Å². The van der Waals surface area contributed by atoms with Crippen molar-refractivity contribution in [3.8, 4) is 11.5 Å². The Balaban J connectivity index is 1.89. The summed E-state index contributed by atoms with van der Waals surface area (Å²) >= 11 is 0. The highest BCUT2D eigenvalue weighted by molar-refractivity contribution is 5.92. The Bertz CT molecular complexity index is 1070. The molecule has 3 aromatic rings. The Kier molecular flexibility index (Phi) is 3.42. The number of fused-ring (bicyclic) bond motifs is 2. The van der Waals surface area contributed by atoms with Crippen LogP contribution < -0.4 is 14.9 Å². The highest BCUT2D eigenvalue weighted by Gasteiger charge is 2.18.